The fourth-order valence-electron chi connectivity index (χ4n) is 3.14. The molecule has 0 aromatic heterocycles. The van der Waals surface area contributed by atoms with Crippen molar-refractivity contribution in [3.05, 3.63) is 103 Å². The van der Waals surface area contributed by atoms with Crippen LogP contribution in [-0.2, 0) is 19.4 Å². The quantitative estimate of drug-likeness (QED) is 0.333. The Hall–Kier alpha value is -3.66. The third-order valence-electron chi connectivity index (χ3n) is 4.77. The summed E-state index contributed by atoms with van der Waals surface area (Å²) in [5, 5.41) is 0. The molecule has 4 nitrogen and oxygen atoms in total. The van der Waals surface area contributed by atoms with Gasteiger partial charge in [0.05, 0.1) is 14.2 Å². The highest BCUT2D eigenvalue weighted by atomic mass is 16.5. The van der Waals surface area contributed by atoms with E-state index in [2.05, 4.69) is 13.2 Å². The number of hydrogen-bond acceptors (Lipinski definition) is 4. The normalized spacial score (nSPS) is 10.3. The smallest absolute Gasteiger partial charge is 0.169 e. The largest absolute Gasteiger partial charge is 0.497 e. The van der Waals surface area contributed by atoms with Gasteiger partial charge in [-0.25, -0.2) is 0 Å². The van der Waals surface area contributed by atoms with E-state index in [-0.39, 0.29) is 0 Å². The van der Waals surface area contributed by atoms with E-state index in [0.717, 1.165) is 35.3 Å². The summed E-state index contributed by atoms with van der Waals surface area (Å²) in [5.74, 6) is 3.38. The molecule has 0 saturated heterocycles. The van der Waals surface area contributed by atoms with Crippen LogP contribution in [0.3, 0.4) is 0 Å². The molecule has 3 aromatic rings. The molecule has 0 N–H and O–H groups in total. The van der Waals surface area contributed by atoms with Gasteiger partial charge in [-0.1, -0.05) is 36.4 Å². The summed E-state index contributed by atoms with van der Waals surface area (Å²) in [6.07, 6.45) is 5.23. The summed E-state index contributed by atoms with van der Waals surface area (Å²) in [4.78, 5) is 0. The van der Waals surface area contributed by atoms with Crippen molar-refractivity contribution in [1.82, 2.24) is 0 Å². The number of hydrogen-bond donors (Lipinski definition) is 0. The molecule has 0 amide bonds. The van der Waals surface area contributed by atoms with Crippen molar-refractivity contribution >= 4 is 0 Å². The maximum atomic E-state index is 6.25. The predicted octanol–water partition coefficient (Wildman–Crippen LogP) is 6.53. The fourth-order valence-corrected chi connectivity index (χ4v) is 3.14. The Labute approximate surface area is 184 Å². The minimum absolute atomic E-state index is 0.413. The first kappa shape index (κ1) is 22.0. The van der Waals surface area contributed by atoms with Crippen LogP contribution in [0.2, 0.25) is 0 Å². The lowest BCUT2D eigenvalue weighted by Gasteiger charge is -2.16. The Kier molecular flexibility index (Phi) is 7.77. The highest BCUT2D eigenvalue weighted by Crippen LogP contribution is 2.38. The molecule has 0 bridgehead atoms. The minimum Gasteiger partial charge on any atom is -0.497 e. The zero-order valence-corrected chi connectivity index (χ0v) is 18.1. The van der Waals surface area contributed by atoms with Gasteiger partial charge in [-0.3, -0.25) is 0 Å². The molecule has 31 heavy (non-hydrogen) atoms. The topological polar surface area (TPSA) is 36.9 Å². The molecule has 0 aliphatic rings. The van der Waals surface area contributed by atoms with Crippen molar-refractivity contribution in [2.24, 2.45) is 0 Å². The number of rotatable bonds is 11. The summed E-state index contributed by atoms with van der Waals surface area (Å²) in [7, 11) is 3.28. The molecule has 3 rings (SSSR count). The zero-order chi connectivity index (χ0) is 22.1. The van der Waals surface area contributed by atoms with E-state index >= 15 is 0 Å². The highest BCUT2D eigenvalue weighted by Gasteiger charge is 2.12. The molecule has 0 spiro atoms. The molecule has 0 radical (unpaired) electrons. The molecular weight excluding hydrogens is 388 g/mol. The van der Waals surface area contributed by atoms with Crippen LogP contribution in [-0.4, -0.2) is 14.2 Å². The van der Waals surface area contributed by atoms with Crippen LogP contribution in [0.4, 0.5) is 0 Å². The van der Waals surface area contributed by atoms with Gasteiger partial charge in [-0.2, -0.15) is 0 Å². The zero-order valence-electron chi connectivity index (χ0n) is 18.1. The number of allylic oxidation sites excluding steroid dienone is 2. The lowest BCUT2D eigenvalue weighted by molar-refractivity contribution is 0.289. The Morgan fingerprint density at radius 3 is 1.81 bits per heavy atom. The lowest BCUT2D eigenvalue weighted by atomic mass is 10.1. The van der Waals surface area contributed by atoms with Crippen LogP contribution < -0.4 is 18.9 Å². The van der Waals surface area contributed by atoms with Crippen LogP contribution in [0.25, 0.3) is 0 Å². The minimum atomic E-state index is 0.413. The average Bonchev–Trinajstić information content (AvgIpc) is 2.80. The van der Waals surface area contributed by atoms with E-state index in [1.807, 2.05) is 72.8 Å². The molecule has 0 unspecified atom stereocenters. The number of methoxy groups -OCH3 is 2. The Morgan fingerprint density at radius 1 is 0.645 bits per heavy atom. The molecular formula is C27H28O4. The molecule has 0 heterocycles. The molecule has 0 atom stereocenters. The van der Waals surface area contributed by atoms with Crippen LogP contribution in [0, 0.1) is 0 Å². The first-order chi connectivity index (χ1) is 15.2. The summed E-state index contributed by atoms with van der Waals surface area (Å²) >= 11 is 0. The first-order valence-corrected chi connectivity index (χ1v) is 10.1. The van der Waals surface area contributed by atoms with Crippen LogP contribution in [0.15, 0.2) is 86.0 Å². The van der Waals surface area contributed by atoms with Gasteiger partial charge < -0.3 is 18.9 Å². The van der Waals surface area contributed by atoms with Crippen molar-refractivity contribution < 1.29 is 18.9 Å². The van der Waals surface area contributed by atoms with E-state index in [9.17, 15) is 0 Å². The van der Waals surface area contributed by atoms with Gasteiger partial charge in [-0.05, 0) is 65.9 Å². The van der Waals surface area contributed by atoms with Gasteiger partial charge in [0.25, 0.3) is 0 Å². The van der Waals surface area contributed by atoms with Gasteiger partial charge >= 0.3 is 0 Å². The second-order valence-corrected chi connectivity index (χ2v) is 6.99. The molecule has 3 aromatic carbocycles. The van der Waals surface area contributed by atoms with Crippen molar-refractivity contribution in [3.8, 4) is 28.7 Å². The van der Waals surface area contributed by atoms with Gasteiger partial charge in [0.2, 0.25) is 0 Å². The Morgan fingerprint density at radius 2 is 1.23 bits per heavy atom. The summed E-state index contributed by atoms with van der Waals surface area (Å²) < 4.78 is 23.1. The summed E-state index contributed by atoms with van der Waals surface area (Å²) in [5.41, 5.74) is 3.23. The van der Waals surface area contributed by atoms with E-state index in [1.54, 1.807) is 14.2 Å². The molecule has 4 heteroatoms. The van der Waals surface area contributed by atoms with Crippen molar-refractivity contribution in [2.45, 2.75) is 19.4 Å². The first-order valence-electron chi connectivity index (χ1n) is 10.1. The Balaban J connectivity index is 1.85. The molecule has 0 saturated carbocycles. The van der Waals surface area contributed by atoms with Gasteiger partial charge in [-0.15, -0.1) is 13.2 Å². The summed E-state index contributed by atoms with van der Waals surface area (Å²) in [6, 6.07) is 19.6. The van der Waals surface area contributed by atoms with Gasteiger partial charge in [0.1, 0.15) is 12.4 Å². The lowest BCUT2D eigenvalue weighted by Crippen LogP contribution is -1.99. The van der Waals surface area contributed by atoms with E-state index in [4.69, 9.17) is 18.9 Å². The van der Waals surface area contributed by atoms with E-state index < -0.39 is 0 Å². The second-order valence-electron chi connectivity index (χ2n) is 6.99. The maximum Gasteiger partial charge on any atom is 0.169 e. The van der Waals surface area contributed by atoms with Crippen molar-refractivity contribution in [3.63, 3.8) is 0 Å². The fraction of sp³-hybridized carbons (Fsp3) is 0.185. The van der Waals surface area contributed by atoms with Gasteiger partial charge in [0.15, 0.2) is 23.0 Å². The average molecular weight is 417 g/mol. The number of ether oxygens (including phenoxy) is 4. The van der Waals surface area contributed by atoms with E-state index in [0.29, 0.717) is 29.6 Å². The van der Waals surface area contributed by atoms with Crippen molar-refractivity contribution in [2.75, 3.05) is 14.2 Å². The highest BCUT2D eigenvalue weighted by molar-refractivity contribution is 5.50. The van der Waals surface area contributed by atoms with Gasteiger partial charge in [0, 0.05) is 0 Å². The second kappa shape index (κ2) is 10.9. The van der Waals surface area contributed by atoms with Crippen LogP contribution in [0.5, 0.6) is 28.7 Å². The standard InChI is InChI=1S/C27H28O4/c1-5-7-20-12-16-25(26(17-20)29-4)31-27-18-21(8-6-2)11-15-24(27)30-19-22-9-13-23(28-3)14-10-22/h5-6,9-18H,1-2,7-8,19H2,3-4H3. The molecule has 0 aliphatic carbocycles. The summed E-state index contributed by atoms with van der Waals surface area (Å²) in [6.45, 7) is 8.03. The van der Waals surface area contributed by atoms with Crippen LogP contribution in [0.1, 0.15) is 16.7 Å². The van der Waals surface area contributed by atoms with Crippen molar-refractivity contribution in [1.29, 1.82) is 0 Å². The number of benzene rings is 3. The third-order valence-corrected chi connectivity index (χ3v) is 4.77. The maximum absolute atomic E-state index is 6.25. The molecule has 0 fully saturated rings. The van der Waals surface area contributed by atoms with Crippen LogP contribution >= 0.6 is 0 Å². The Bertz CT molecular complexity index is 1020. The predicted molar refractivity (Wildman–Crippen MR) is 125 cm³/mol. The third kappa shape index (κ3) is 5.92. The SMILES string of the molecule is C=CCc1ccc(Oc2cc(CC=C)ccc2OCc2ccc(OC)cc2)c(OC)c1. The molecule has 160 valence electrons. The van der Waals surface area contributed by atoms with E-state index in [1.165, 1.54) is 0 Å². The molecule has 0 aliphatic heterocycles. The monoisotopic (exact) mass is 416 g/mol.